The monoisotopic (exact) mass is 540 g/mol. The summed E-state index contributed by atoms with van der Waals surface area (Å²) in [6.07, 6.45) is 5.62. The fraction of sp³-hybridized carbons (Fsp3) is 0.581. The van der Waals surface area contributed by atoms with Crippen molar-refractivity contribution in [2.45, 2.75) is 83.3 Å². The predicted octanol–water partition coefficient (Wildman–Crippen LogP) is 5.67. The maximum absolute atomic E-state index is 13.3. The maximum atomic E-state index is 13.3. The molecule has 2 aromatic carbocycles. The molecule has 1 aliphatic carbocycles. The van der Waals surface area contributed by atoms with Crippen molar-refractivity contribution < 1.29 is 18.3 Å². The van der Waals surface area contributed by atoms with Crippen LogP contribution in [0.5, 0.6) is 0 Å². The number of hydrogen-bond donors (Lipinski definition) is 2. The van der Waals surface area contributed by atoms with Crippen molar-refractivity contribution in [1.29, 1.82) is 0 Å². The molecule has 0 spiro atoms. The van der Waals surface area contributed by atoms with Gasteiger partial charge in [-0.05, 0) is 78.0 Å². The van der Waals surface area contributed by atoms with Crippen LogP contribution in [0.4, 0.5) is 0 Å². The lowest BCUT2D eigenvalue weighted by molar-refractivity contribution is 0.0929. The first-order valence-corrected chi connectivity index (χ1v) is 15.9. The Balaban J connectivity index is 1.48. The van der Waals surface area contributed by atoms with Crippen LogP contribution < -0.4 is 5.32 Å². The van der Waals surface area contributed by atoms with Crippen LogP contribution in [0.1, 0.15) is 98.9 Å². The van der Waals surface area contributed by atoms with Crippen molar-refractivity contribution in [2.24, 2.45) is 17.8 Å². The molecule has 6 nitrogen and oxygen atoms in total. The minimum atomic E-state index is -3.29. The Bertz CT molecular complexity index is 1200. The molecule has 2 aliphatic rings. The molecule has 7 heteroatoms. The summed E-state index contributed by atoms with van der Waals surface area (Å²) in [5.74, 6) is 1.95. The van der Waals surface area contributed by atoms with Gasteiger partial charge in [-0.25, -0.2) is 8.42 Å². The van der Waals surface area contributed by atoms with E-state index < -0.39 is 15.9 Å². The van der Waals surface area contributed by atoms with Crippen LogP contribution in [-0.4, -0.2) is 43.2 Å². The van der Waals surface area contributed by atoms with E-state index in [1.807, 2.05) is 12.1 Å². The highest BCUT2D eigenvalue weighted by molar-refractivity contribution is 7.91. The third kappa shape index (κ3) is 6.49. The average Bonchev–Trinajstić information content (AvgIpc) is 3.27. The minimum Gasteiger partial charge on any atom is -0.396 e. The van der Waals surface area contributed by atoms with Gasteiger partial charge in [0.25, 0.3) is 5.91 Å². The topological polar surface area (TPSA) is 86.7 Å². The van der Waals surface area contributed by atoms with Gasteiger partial charge in [0.2, 0.25) is 0 Å². The van der Waals surface area contributed by atoms with Gasteiger partial charge in [-0.3, -0.25) is 9.69 Å². The van der Waals surface area contributed by atoms with E-state index in [2.05, 4.69) is 37.1 Å². The second kappa shape index (κ2) is 12.3. The molecule has 0 saturated heterocycles. The highest BCUT2D eigenvalue weighted by Crippen LogP contribution is 2.41. The van der Waals surface area contributed by atoms with Gasteiger partial charge in [0.05, 0.1) is 16.7 Å². The van der Waals surface area contributed by atoms with Crippen LogP contribution in [0.2, 0.25) is 0 Å². The minimum absolute atomic E-state index is 0.0381. The second-order valence-corrected chi connectivity index (χ2v) is 13.9. The molecule has 1 aliphatic heterocycles. The summed E-state index contributed by atoms with van der Waals surface area (Å²) in [7, 11) is -3.29. The fourth-order valence-corrected chi connectivity index (χ4v) is 7.14. The molecule has 208 valence electrons. The van der Waals surface area contributed by atoms with Gasteiger partial charge in [0, 0.05) is 31.3 Å². The van der Waals surface area contributed by atoms with Crippen LogP contribution in [0.25, 0.3) is 0 Å². The van der Waals surface area contributed by atoms with Crippen LogP contribution >= 0.6 is 0 Å². The van der Waals surface area contributed by atoms with Crippen molar-refractivity contribution in [3.8, 4) is 0 Å². The van der Waals surface area contributed by atoms with Gasteiger partial charge >= 0.3 is 0 Å². The number of aliphatic hydroxyl groups excluding tert-OH is 1. The van der Waals surface area contributed by atoms with Crippen molar-refractivity contribution in [3.05, 3.63) is 64.7 Å². The molecule has 2 atom stereocenters. The number of aliphatic hydroxyl groups is 1. The number of carbonyl (C=O) groups is 1. The van der Waals surface area contributed by atoms with Crippen molar-refractivity contribution in [1.82, 2.24) is 10.2 Å². The lowest BCUT2D eigenvalue weighted by atomic mass is 9.82. The first-order valence-electron chi connectivity index (χ1n) is 14.2. The number of rotatable bonds is 10. The quantitative estimate of drug-likeness (QED) is 0.405. The van der Waals surface area contributed by atoms with E-state index in [1.165, 1.54) is 36.8 Å². The molecule has 2 aromatic rings. The molecule has 1 fully saturated rings. The maximum Gasteiger partial charge on any atom is 0.251 e. The Kier molecular flexibility index (Phi) is 9.32. The molecule has 0 aromatic heterocycles. The number of carbonyl (C=O) groups excluding carboxylic acids is 1. The predicted molar refractivity (Wildman–Crippen MR) is 152 cm³/mol. The zero-order valence-electron chi connectivity index (χ0n) is 23.3. The second-order valence-electron chi connectivity index (χ2n) is 11.7. The van der Waals surface area contributed by atoms with Crippen LogP contribution in [0.15, 0.2) is 47.4 Å². The van der Waals surface area contributed by atoms with Gasteiger partial charge < -0.3 is 10.4 Å². The Labute approximate surface area is 228 Å². The third-order valence-electron chi connectivity index (χ3n) is 8.49. The van der Waals surface area contributed by atoms with Crippen molar-refractivity contribution >= 4 is 15.7 Å². The van der Waals surface area contributed by atoms with Gasteiger partial charge in [0.15, 0.2) is 9.84 Å². The smallest absolute Gasteiger partial charge is 0.251 e. The first-order chi connectivity index (χ1) is 18.1. The number of amides is 1. The summed E-state index contributed by atoms with van der Waals surface area (Å²) in [5.41, 5.74) is 3.96. The Hall–Kier alpha value is -2.22. The summed E-state index contributed by atoms with van der Waals surface area (Å²) in [6, 6.07) is 12.7. The van der Waals surface area contributed by atoms with E-state index in [0.29, 0.717) is 23.9 Å². The summed E-state index contributed by atoms with van der Waals surface area (Å²) in [4.78, 5) is 16.2. The summed E-state index contributed by atoms with van der Waals surface area (Å²) in [5, 5.41) is 12.7. The van der Waals surface area contributed by atoms with E-state index in [0.717, 1.165) is 30.5 Å². The number of nitrogens with zero attached hydrogens (tertiary/aromatic N) is 1. The zero-order valence-corrected chi connectivity index (χ0v) is 24.1. The van der Waals surface area contributed by atoms with E-state index in [1.54, 1.807) is 31.2 Å². The normalized spacial score (nSPS) is 22.8. The standard InChI is InChI=1S/C31H44N2O4S/c1-5-38(36,37)27-13-10-24(11-14-27)29(16-17-34)32-31(35)25-12-15-28-26(18-25)20-33(30(28)21(2)3)19-23-8-6-22(4)7-9-23/h10-15,18,21-23,29-30,34H,5-9,16-17,19-20H2,1-4H3,(H,32,35)/t22?,23?,29-,30-/m0/s1. The van der Waals surface area contributed by atoms with E-state index in [4.69, 9.17) is 0 Å². The van der Waals surface area contributed by atoms with Crippen LogP contribution in [0.3, 0.4) is 0 Å². The lowest BCUT2D eigenvalue weighted by Crippen LogP contribution is -2.32. The molecule has 1 amide bonds. The van der Waals surface area contributed by atoms with E-state index in [-0.39, 0.29) is 23.2 Å². The molecule has 1 heterocycles. The zero-order chi connectivity index (χ0) is 27.4. The van der Waals surface area contributed by atoms with E-state index in [9.17, 15) is 18.3 Å². The van der Waals surface area contributed by atoms with Crippen LogP contribution in [-0.2, 0) is 16.4 Å². The highest BCUT2D eigenvalue weighted by atomic mass is 32.2. The molecular weight excluding hydrogens is 496 g/mol. The Morgan fingerprint density at radius 3 is 2.37 bits per heavy atom. The molecule has 4 rings (SSSR count). The van der Waals surface area contributed by atoms with Gasteiger partial charge in [-0.1, -0.05) is 58.7 Å². The number of benzene rings is 2. The fourth-order valence-electron chi connectivity index (χ4n) is 6.26. The van der Waals surface area contributed by atoms with Gasteiger partial charge in [-0.15, -0.1) is 0 Å². The molecule has 0 unspecified atom stereocenters. The Morgan fingerprint density at radius 1 is 1.08 bits per heavy atom. The third-order valence-corrected chi connectivity index (χ3v) is 10.2. The van der Waals surface area contributed by atoms with Crippen molar-refractivity contribution in [3.63, 3.8) is 0 Å². The van der Waals surface area contributed by atoms with Gasteiger partial charge in [-0.2, -0.15) is 0 Å². The van der Waals surface area contributed by atoms with Crippen LogP contribution in [0, 0.1) is 17.8 Å². The summed E-state index contributed by atoms with van der Waals surface area (Å²) >= 11 is 0. The SMILES string of the molecule is CCS(=O)(=O)c1ccc([C@H](CCO)NC(=O)c2ccc3c(c2)CN(CC2CCC(C)CC2)[C@H]3C(C)C)cc1. The molecule has 0 radical (unpaired) electrons. The summed E-state index contributed by atoms with van der Waals surface area (Å²) in [6.45, 7) is 10.5. The molecular formula is C31H44N2O4S. The molecule has 2 N–H and O–H groups in total. The van der Waals surface area contributed by atoms with Gasteiger partial charge in [0.1, 0.15) is 0 Å². The first kappa shape index (κ1) is 28.8. The number of sulfone groups is 1. The summed E-state index contributed by atoms with van der Waals surface area (Å²) < 4.78 is 24.3. The largest absolute Gasteiger partial charge is 0.396 e. The molecule has 38 heavy (non-hydrogen) atoms. The lowest BCUT2D eigenvalue weighted by Gasteiger charge is -2.34. The number of fused-ring (bicyclic) bond motifs is 1. The molecule has 1 saturated carbocycles. The number of nitrogens with one attached hydrogen (secondary N) is 1. The number of hydrogen-bond acceptors (Lipinski definition) is 5. The molecule has 0 bridgehead atoms. The van der Waals surface area contributed by atoms with E-state index >= 15 is 0 Å². The Morgan fingerprint density at radius 2 is 1.76 bits per heavy atom. The average molecular weight is 541 g/mol. The van der Waals surface area contributed by atoms with Crippen molar-refractivity contribution in [2.75, 3.05) is 18.9 Å². The highest BCUT2D eigenvalue weighted by Gasteiger charge is 2.34.